The normalized spacial score (nSPS) is 25.1. The Kier molecular flexibility index (Phi) is 2.34. The van der Waals surface area contributed by atoms with Crippen LogP contribution in [0.2, 0.25) is 0 Å². The number of hydrogen-bond acceptors (Lipinski definition) is 3. The number of carbonyl (C=O) groups excluding carboxylic acids is 1. The Hall–Kier alpha value is -0.840. The molecule has 1 saturated carbocycles. The standard InChI is InChI=1S/C9H9F2NOS/c10-9(11)2-1-6(3-9)8(13)7-4-14-5-12-7/h4-6H,1-3H2. The zero-order chi connectivity index (χ0) is 10.2. The average Bonchev–Trinajstić information content (AvgIpc) is 2.72. The van der Waals surface area contributed by atoms with Crippen LogP contribution in [0.15, 0.2) is 10.9 Å². The first-order chi connectivity index (χ1) is 6.58. The number of ketones is 1. The molecule has 0 N–H and O–H groups in total. The van der Waals surface area contributed by atoms with Crippen molar-refractivity contribution in [3.8, 4) is 0 Å². The number of nitrogens with zero attached hydrogens (tertiary/aromatic N) is 1. The first-order valence-electron chi connectivity index (χ1n) is 4.39. The van der Waals surface area contributed by atoms with Gasteiger partial charge in [-0.15, -0.1) is 11.3 Å². The van der Waals surface area contributed by atoms with Crippen molar-refractivity contribution in [3.05, 3.63) is 16.6 Å². The largest absolute Gasteiger partial charge is 0.292 e. The molecule has 0 amide bonds. The smallest absolute Gasteiger partial charge is 0.248 e. The van der Waals surface area contributed by atoms with Crippen molar-refractivity contribution in [3.63, 3.8) is 0 Å². The molecule has 2 nitrogen and oxygen atoms in total. The van der Waals surface area contributed by atoms with Crippen LogP contribution in [0.5, 0.6) is 0 Å². The zero-order valence-electron chi connectivity index (χ0n) is 7.37. The second-order valence-electron chi connectivity index (χ2n) is 3.53. The Bertz CT molecular complexity index is 337. The first kappa shape index (κ1) is 9.71. The maximum atomic E-state index is 12.8. The lowest BCUT2D eigenvalue weighted by Crippen LogP contribution is -2.15. The van der Waals surface area contributed by atoms with Crippen molar-refractivity contribution in [1.82, 2.24) is 4.98 Å². The fourth-order valence-electron chi connectivity index (χ4n) is 1.72. The number of alkyl halides is 2. The molecule has 0 radical (unpaired) electrons. The molecule has 1 aromatic rings. The third-order valence-electron chi connectivity index (χ3n) is 2.46. The quantitative estimate of drug-likeness (QED) is 0.713. The molecule has 1 aliphatic carbocycles. The second kappa shape index (κ2) is 3.38. The van der Waals surface area contributed by atoms with Gasteiger partial charge in [-0.05, 0) is 6.42 Å². The van der Waals surface area contributed by atoms with Crippen molar-refractivity contribution < 1.29 is 13.6 Å². The van der Waals surface area contributed by atoms with E-state index in [1.807, 2.05) is 0 Å². The summed E-state index contributed by atoms with van der Waals surface area (Å²) in [4.78, 5) is 15.4. The lowest BCUT2D eigenvalue weighted by Gasteiger charge is -2.07. The summed E-state index contributed by atoms with van der Waals surface area (Å²) in [5.41, 5.74) is 1.87. The average molecular weight is 217 g/mol. The maximum Gasteiger partial charge on any atom is 0.248 e. The molecular formula is C9H9F2NOS. The number of aromatic nitrogens is 1. The molecule has 0 aliphatic heterocycles. The topological polar surface area (TPSA) is 30.0 Å². The van der Waals surface area contributed by atoms with Crippen molar-refractivity contribution in [2.75, 3.05) is 0 Å². The lowest BCUT2D eigenvalue weighted by molar-refractivity contribution is 0.00528. The molecule has 5 heteroatoms. The Labute approximate surface area is 84.0 Å². The minimum absolute atomic E-state index is 0.173. The van der Waals surface area contributed by atoms with Gasteiger partial charge in [0.25, 0.3) is 0 Å². The van der Waals surface area contributed by atoms with Crippen molar-refractivity contribution >= 4 is 17.1 Å². The molecular weight excluding hydrogens is 208 g/mol. The summed E-state index contributed by atoms with van der Waals surface area (Å²) >= 11 is 1.31. The number of halogens is 2. The van der Waals surface area contributed by atoms with Gasteiger partial charge in [-0.1, -0.05) is 0 Å². The Balaban J connectivity index is 2.08. The van der Waals surface area contributed by atoms with Gasteiger partial charge in [0.1, 0.15) is 5.69 Å². The molecule has 1 aliphatic rings. The zero-order valence-corrected chi connectivity index (χ0v) is 8.19. The summed E-state index contributed by atoms with van der Waals surface area (Å²) in [6.07, 6.45) is -0.208. The summed E-state index contributed by atoms with van der Waals surface area (Å²) in [7, 11) is 0. The van der Waals surface area contributed by atoms with E-state index in [9.17, 15) is 13.6 Å². The van der Waals surface area contributed by atoms with Crippen LogP contribution in [-0.4, -0.2) is 16.7 Å². The Morgan fingerprint density at radius 2 is 2.43 bits per heavy atom. The molecule has 1 atom stereocenters. The van der Waals surface area contributed by atoms with Crippen LogP contribution < -0.4 is 0 Å². The number of thiazole rings is 1. The number of Topliss-reactive ketones (excluding diaryl/α,β-unsaturated/α-hetero) is 1. The van der Waals surface area contributed by atoms with Gasteiger partial charge in [0.15, 0.2) is 5.78 Å². The fourth-order valence-corrected chi connectivity index (χ4v) is 2.26. The number of rotatable bonds is 2. The van der Waals surface area contributed by atoms with Crippen LogP contribution in [0.3, 0.4) is 0 Å². The molecule has 1 heterocycles. The van der Waals surface area contributed by atoms with E-state index in [2.05, 4.69) is 4.98 Å². The van der Waals surface area contributed by atoms with E-state index in [1.165, 1.54) is 11.3 Å². The Morgan fingerprint density at radius 1 is 1.64 bits per heavy atom. The van der Waals surface area contributed by atoms with Gasteiger partial charge in [-0.25, -0.2) is 13.8 Å². The predicted molar refractivity (Wildman–Crippen MR) is 48.7 cm³/mol. The molecule has 1 unspecified atom stereocenters. The molecule has 1 fully saturated rings. The van der Waals surface area contributed by atoms with Crippen LogP contribution in [0.25, 0.3) is 0 Å². The van der Waals surface area contributed by atoms with Gasteiger partial charge in [-0.2, -0.15) is 0 Å². The van der Waals surface area contributed by atoms with Crippen molar-refractivity contribution in [2.45, 2.75) is 25.2 Å². The van der Waals surface area contributed by atoms with Gasteiger partial charge < -0.3 is 0 Å². The summed E-state index contributed by atoms with van der Waals surface area (Å²) in [6, 6.07) is 0. The summed E-state index contributed by atoms with van der Waals surface area (Å²) in [5, 5.41) is 1.61. The third kappa shape index (κ3) is 1.82. The van der Waals surface area contributed by atoms with E-state index in [0.717, 1.165) is 0 Å². The molecule has 2 rings (SSSR count). The van der Waals surface area contributed by atoms with E-state index in [0.29, 0.717) is 5.69 Å². The van der Waals surface area contributed by atoms with E-state index < -0.39 is 11.8 Å². The highest BCUT2D eigenvalue weighted by Crippen LogP contribution is 2.40. The molecule has 0 spiro atoms. The monoisotopic (exact) mass is 217 g/mol. The van der Waals surface area contributed by atoms with Crippen LogP contribution >= 0.6 is 11.3 Å². The second-order valence-corrected chi connectivity index (χ2v) is 4.25. The van der Waals surface area contributed by atoms with E-state index in [1.54, 1.807) is 10.9 Å². The van der Waals surface area contributed by atoms with Gasteiger partial charge in [0.05, 0.1) is 5.51 Å². The van der Waals surface area contributed by atoms with Crippen LogP contribution in [0.1, 0.15) is 29.8 Å². The van der Waals surface area contributed by atoms with Crippen molar-refractivity contribution in [2.24, 2.45) is 5.92 Å². The number of carbonyl (C=O) groups is 1. The molecule has 1 aromatic heterocycles. The highest BCUT2D eigenvalue weighted by molar-refractivity contribution is 7.07. The van der Waals surface area contributed by atoms with Crippen LogP contribution in [0.4, 0.5) is 8.78 Å². The van der Waals surface area contributed by atoms with Crippen LogP contribution in [0, 0.1) is 5.92 Å². The summed E-state index contributed by atoms with van der Waals surface area (Å²) < 4.78 is 25.7. The van der Waals surface area contributed by atoms with Crippen molar-refractivity contribution in [1.29, 1.82) is 0 Å². The molecule has 0 aromatic carbocycles. The fraction of sp³-hybridized carbons (Fsp3) is 0.556. The van der Waals surface area contributed by atoms with Gasteiger partial charge in [0, 0.05) is 24.1 Å². The van der Waals surface area contributed by atoms with Gasteiger partial charge in [0.2, 0.25) is 5.92 Å². The summed E-state index contributed by atoms with van der Waals surface area (Å²) in [5.74, 6) is -3.42. The minimum Gasteiger partial charge on any atom is -0.292 e. The highest BCUT2D eigenvalue weighted by atomic mass is 32.1. The van der Waals surface area contributed by atoms with Gasteiger partial charge >= 0.3 is 0 Å². The molecule has 0 saturated heterocycles. The maximum absolute atomic E-state index is 12.8. The molecule has 14 heavy (non-hydrogen) atoms. The van der Waals surface area contributed by atoms with E-state index in [4.69, 9.17) is 0 Å². The van der Waals surface area contributed by atoms with E-state index in [-0.39, 0.29) is 25.0 Å². The SMILES string of the molecule is O=C(c1cscn1)C1CCC(F)(F)C1. The lowest BCUT2D eigenvalue weighted by atomic mass is 10.0. The molecule has 0 bridgehead atoms. The van der Waals surface area contributed by atoms with Gasteiger partial charge in [-0.3, -0.25) is 4.79 Å². The Morgan fingerprint density at radius 3 is 2.93 bits per heavy atom. The highest BCUT2D eigenvalue weighted by Gasteiger charge is 2.42. The first-order valence-corrected chi connectivity index (χ1v) is 5.33. The van der Waals surface area contributed by atoms with E-state index >= 15 is 0 Å². The third-order valence-corrected chi connectivity index (χ3v) is 3.05. The summed E-state index contributed by atoms with van der Waals surface area (Å²) in [6.45, 7) is 0. The predicted octanol–water partition coefficient (Wildman–Crippen LogP) is 2.76. The number of hydrogen-bond donors (Lipinski definition) is 0. The minimum atomic E-state index is -2.66. The van der Waals surface area contributed by atoms with Crippen LogP contribution in [-0.2, 0) is 0 Å². The molecule has 76 valence electrons.